The molecule has 0 aliphatic heterocycles. The molecule has 1 atom stereocenters. The van der Waals surface area contributed by atoms with Crippen molar-refractivity contribution in [1.82, 2.24) is 20.1 Å². The molecular weight excluding hydrogens is 369 g/mol. The number of nitrogens with one attached hydrogen (secondary N) is 1. The minimum atomic E-state index is -4.63. The van der Waals surface area contributed by atoms with E-state index in [9.17, 15) is 18.0 Å². The number of benzene rings is 1. The monoisotopic (exact) mass is 390 g/mol. The number of carbonyl (C=O) groups is 1. The van der Waals surface area contributed by atoms with Crippen LogP contribution in [0.4, 0.5) is 13.2 Å². The van der Waals surface area contributed by atoms with E-state index < -0.39 is 18.1 Å². The summed E-state index contributed by atoms with van der Waals surface area (Å²) in [6, 6.07) is 6.77. The lowest BCUT2D eigenvalue weighted by atomic mass is 10.0. The summed E-state index contributed by atoms with van der Waals surface area (Å²) in [6.45, 7) is 5.51. The van der Waals surface area contributed by atoms with Crippen molar-refractivity contribution >= 4 is 16.9 Å². The molecular formula is C20H21F3N4O. The topological polar surface area (TPSA) is 59.8 Å². The maximum atomic E-state index is 13.6. The zero-order valence-electron chi connectivity index (χ0n) is 16.0. The van der Waals surface area contributed by atoms with Crippen LogP contribution in [0.3, 0.4) is 0 Å². The normalized spacial score (nSPS) is 13.1. The van der Waals surface area contributed by atoms with Crippen LogP contribution < -0.4 is 5.32 Å². The van der Waals surface area contributed by atoms with Crippen LogP contribution >= 0.6 is 0 Å². The predicted octanol–water partition coefficient (Wildman–Crippen LogP) is 4.43. The molecule has 1 aromatic carbocycles. The Morgan fingerprint density at radius 1 is 1.18 bits per heavy atom. The third kappa shape index (κ3) is 3.72. The van der Waals surface area contributed by atoms with Gasteiger partial charge in [0.25, 0.3) is 5.91 Å². The average Bonchev–Trinajstić information content (AvgIpc) is 2.92. The maximum absolute atomic E-state index is 13.6. The van der Waals surface area contributed by atoms with Crippen LogP contribution in [0, 0.1) is 6.92 Å². The van der Waals surface area contributed by atoms with Crippen molar-refractivity contribution in [3.8, 4) is 0 Å². The van der Waals surface area contributed by atoms with E-state index in [1.807, 2.05) is 13.8 Å². The van der Waals surface area contributed by atoms with Crippen LogP contribution in [-0.4, -0.2) is 26.8 Å². The number of pyridine rings is 1. The smallest absolute Gasteiger partial charge is 0.337 e. The molecule has 2 aromatic heterocycles. The molecule has 0 radical (unpaired) electrons. The van der Waals surface area contributed by atoms with Crippen LogP contribution in [0.2, 0.25) is 0 Å². The van der Waals surface area contributed by atoms with Gasteiger partial charge in [-0.05, 0) is 24.5 Å². The first-order valence-corrected chi connectivity index (χ1v) is 8.86. The van der Waals surface area contributed by atoms with Crippen LogP contribution in [0.25, 0.3) is 11.0 Å². The van der Waals surface area contributed by atoms with Crippen molar-refractivity contribution in [2.24, 2.45) is 7.05 Å². The Labute approximate surface area is 160 Å². The largest absolute Gasteiger partial charge is 0.412 e. The molecule has 0 aliphatic rings. The van der Waals surface area contributed by atoms with Gasteiger partial charge in [-0.2, -0.15) is 18.3 Å². The predicted molar refractivity (Wildman–Crippen MR) is 100 cm³/mol. The molecule has 0 spiro atoms. The Kier molecular flexibility index (Phi) is 5.14. The molecule has 148 valence electrons. The fraction of sp³-hybridized carbons (Fsp3) is 0.350. The quantitative estimate of drug-likeness (QED) is 0.717. The summed E-state index contributed by atoms with van der Waals surface area (Å²) in [4.78, 5) is 17.5. The second-order valence-corrected chi connectivity index (χ2v) is 7.02. The van der Waals surface area contributed by atoms with Gasteiger partial charge in [0.1, 0.15) is 0 Å². The number of amides is 1. The molecule has 1 amide bonds. The number of aromatic nitrogens is 3. The molecule has 8 heteroatoms. The van der Waals surface area contributed by atoms with Gasteiger partial charge in [0.15, 0.2) is 11.7 Å². The molecule has 0 unspecified atom stereocenters. The Hall–Kier alpha value is -2.90. The Bertz CT molecular complexity index is 1010. The molecule has 0 saturated carbocycles. The van der Waals surface area contributed by atoms with Gasteiger partial charge in [-0.1, -0.05) is 44.2 Å². The van der Waals surface area contributed by atoms with Crippen molar-refractivity contribution in [2.45, 2.75) is 38.9 Å². The number of nitrogens with zero attached hydrogens (tertiary/aromatic N) is 3. The van der Waals surface area contributed by atoms with E-state index in [4.69, 9.17) is 0 Å². The fourth-order valence-corrected chi connectivity index (χ4v) is 3.15. The van der Waals surface area contributed by atoms with Gasteiger partial charge in [-0.15, -0.1) is 0 Å². The van der Waals surface area contributed by atoms with Crippen molar-refractivity contribution in [1.29, 1.82) is 0 Å². The zero-order chi connectivity index (χ0) is 20.6. The maximum Gasteiger partial charge on any atom is 0.412 e. The van der Waals surface area contributed by atoms with E-state index in [1.165, 1.54) is 28.9 Å². The van der Waals surface area contributed by atoms with Gasteiger partial charge in [-0.25, -0.2) is 4.98 Å². The standard InChI is InChI=1S/C20H21F3N4O/c1-11(2)15-10-14(16-12(3)26-27(4)18(16)24-15)19(28)25-17(20(21,22)23)13-8-6-5-7-9-13/h5-11,17H,1-4H3,(H,25,28)/t17-/m0/s1. The number of carbonyl (C=O) groups excluding carboxylic acids is 1. The first-order valence-electron chi connectivity index (χ1n) is 8.86. The van der Waals surface area contributed by atoms with E-state index in [1.54, 1.807) is 26.1 Å². The van der Waals surface area contributed by atoms with Gasteiger partial charge >= 0.3 is 6.18 Å². The summed E-state index contributed by atoms with van der Waals surface area (Å²) >= 11 is 0. The van der Waals surface area contributed by atoms with Gasteiger partial charge in [0.2, 0.25) is 0 Å². The highest BCUT2D eigenvalue weighted by atomic mass is 19.4. The minimum Gasteiger partial charge on any atom is -0.337 e. The van der Waals surface area contributed by atoms with E-state index in [2.05, 4.69) is 15.4 Å². The van der Waals surface area contributed by atoms with Gasteiger partial charge in [-0.3, -0.25) is 9.48 Å². The molecule has 0 fully saturated rings. The number of alkyl halides is 3. The van der Waals surface area contributed by atoms with E-state index >= 15 is 0 Å². The minimum absolute atomic E-state index is 0.00121. The molecule has 28 heavy (non-hydrogen) atoms. The molecule has 5 nitrogen and oxygen atoms in total. The second-order valence-electron chi connectivity index (χ2n) is 7.02. The van der Waals surface area contributed by atoms with Gasteiger partial charge in [0, 0.05) is 12.7 Å². The summed E-state index contributed by atoms with van der Waals surface area (Å²) in [5.41, 5.74) is 1.74. The Morgan fingerprint density at radius 2 is 1.82 bits per heavy atom. The fourth-order valence-electron chi connectivity index (χ4n) is 3.15. The third-order valence-corrected chi connectivity index (χ3v) is 4.56. The Balaban J connectivity index is 2.09. The summed E-state index contributed by atoms with van der Waals surface area (Å²) in [6.07, 6.45) is -4.63. The number of hydrogen-bond acceptors (Lipinski definition) is 3. The van der Waals surface area contributed by atoms with E-state index in [0.717, 1.165) is 0 Å². The van der Waals surface area contributed by atoms with Crippen molar-refractivity contribution < 1.29 is 18.0 Å². The lowest BCUT2D eigenvalue weighted by molar-refractivity contribution is -0.155. The molecule has 2 heterocycles. The van der Waals surface area contributed by atoms with Crippen molar-refractivity contribution in [3.63, 3.8) is 0 Å². The SMILES string of the molecule is Cc1nn(C)c2nc(C(C)C)cc(C(=O)N[C@@H](c3ccccc3)C(F)(F)F)c12. The highest BCUT2D eigenvalue weighted by Crippen LogP contribution is 2.33. The van der Waals surface area contributed by atoms with Crippen LogP contribution in [0.1, 0.15) is 53.1 Å². The number of aryl methyl sites for hydroxylation is 2. The molecule has 0 saturated heterocycles. The number of hydrogen-bond donors (Lipinski definition) is 1. The summed E-state index contributed by atoms with van der Waals surface area (Å²) < 4.78 is 42.5. The van der Waals surface area contributed by atoms with Crippen LogP contribution in [-0.2, 0) is 7.05 Å². The summed E-state index contributed by atoms with van der Waals surface area (Å²) in [5.74, 6) is -0.810. The lowest BCUT2D eigenvalue weighted by Gasteiger charge is -2.22. The number of halogens is 3. The second kappa shape index (κ2) is 7.26. The van der Waals surface area contributed by atoms with E-state index in [-0.39, 0.29) is 17.0 Å². The van der Waals surface area contributed by atoms with Crippen molar-refractivity contribution in [3.05, 3.63) is 58.9 Å². The van der Waals surface area contributed by atoms with E-state index in [0.29, 0.717) is 22.4 Å². The van der Waals surface area contributed by atoms with Gasteiger partial charge in [0.05, 0.1) is 16.6 Å². The van der Waals surface area contributed by atoms with Crippen LogP contribution in [0.15, 0.2) is 36.4 Å². The lowest BCUT2D eigenvalue weighted by Crippen LogP contribution is -2.38. The van der Waals surface area contributed by atoms with Crippen molar-refractivity contribution in [2.75, 3.05) is 0 Å². The zero-order valence-corrected chi connectivity index (χ0v) is 16.0. The molecule has 0 aliphatic carbocycles. The molecule has 3 aromatic rings. The number of rotatable bonds is 4. The molecule has 1 N–H and O–H groups in total. The first kappa shape index (κ1) is 19.9. The van der Waals surface area contributed by atoms with Crippen LogP contribution in [0.5, 0.6) is 0 Å². The Morgan fingerprint density at radius 3 is 2.39 bits per heavy atom. The first-order chi connectivity index (χ1) is 13.1. The summed E-state index contributed by atoms with van der Waals surface area (Å²) in [7, 11) is 1.69. The average molecular weight is 390 g/mol. The third-order valence-electron chi connectivity index (χ3n) is 4.56. The highest BCUT2D eigenvalue weighted by molar-refractivity contribution is 6.06. The summed E-state index contributed by atoms with van der Waals surface area (Å²) in [5, 5.41) is 6.88. The number of fused-ring (bicyclic) bond motifs is 1. The highest BCUT2D eigenvalue weighted by Gasteiger charge is 2.42. The van der Waals surface area contributed by atoms with Gasteiger partial charge < -0.3 is 5.32 Å². The molecule has 0 bridgehead atoms. The molecule has 3 rings (SSSR count).